The number of benzene rings is 1. The van der Waals surface area contributed by atoms with E-state index in [0.717, 1.165) is 54.7 Å². The molecule has 1 saturated carbocycles. The molecule has 33 heavy (non-hydrogen) atoms. The molecule has 0 N–H and O–H groups in total. The molecular weight excluding hydrogens is 412 g/mol. The fourth-order valence-electron chi connectivity index (χ4n) is 4.78. The van der Waals surface area contributed by atoms with Crippen LogP contribution in [0.15, 0.2) is 42.9 Å². The summed E-state index contributed by atoms with van der Waals surface area (Å²) < 4.78 is 9.97. The van der Waals surface area contributed by atoms with E-state index < -0.39 is 0 Å². The Hall–Kier alpha value is -3.06. The molecular formula is C26H30N6O. The predicted octanol–water partition coefficient (Wildman–Crippen LogP) is 5.45. The summed E-state index contributed by atoms with van der Waals surface area (Å²) in [4.78, 5) is 9.50. The van der Waals surface area contributed by atoms with Gasteiger partial charge in [0.05, 0.1) is 11.7 Å². The number of fused-ring (bicyclic) bond motifs is 1. The van der Waals surface area contributed by atoms with Crippen molar-refractivity contribution in [3.8, 4) is 17.3 Å². The third-order valence-electron chi connectivity index (χ3n) is 6.57. The van der Waals surface area contributed by atoms with Crippen LogP contribution < -0.4 is 0 Å². The van der Waals surface area contributed by atoms with E-state index >= 15 is 0 Å². The molecule has 0 radical (unpaired) electrons. The standard InChI is InChI=1S/C26H30N6O/c1-17(2)13-18-15-28-31(16-18)23-10-11-27-26(29-23)25-21-14-20(19-6-7-19)8-9-22(21)32(30-25)24-5-3-4-12-33-24/h8-11,14-17,19,24H,3-7,12-13H2,1-2H3. The van der Waals surface area contributed by atoms with Crippen LogP contribution in [0.5, 0.6) is 0 Å². The highest BCUT2D eigenvalue weighted by molar-refractivity contribution is 5.92. The monoisotopic (exact) mass is 442 g/mol. The van der Waals surface area contributed by atoms with Gasteiger partial charge in [-0.25, -0.2) is 19.3 Å². The van der Waals surface area contributed by atoms with Gasteiger partial charge < -0.3 is 4.74 Å². The second-order valence-corrected chi connectivity index (χ2v) is 9.79. The highest BCUT2D eigenvalue weighted by Gasteiger charge is 2.27. The number of rotatable bonds is 6. The van der Waals surface area contributed by atoms with Gasteiger partial charge in [0, 0.05) is 30.5 Å². The molecule has 170 valence electrons. The van der Waals surface area contributed by atoms with Crippen molar-refractivity contribution in [3.63, 3.8) is 0 Å². The maximum absolute atomic E-state index is 6.08. The van der Waals surface area contributed by atoms with Crippen molar-refractivity contribution in [3.05, 3.63) is 54.0 Å². The third kappa shape index (κ3) is 4.06. The lowest BCUT2D eigenvalue weighted by Gasteiger charge is -2.23. The van der Waals surface area contributed by atoms with Crippen LogP contribution in [0, 0.1) is 5.92 Å². The molecule has 4 aromatic rings. The Morgan fingerprint density at radius 3 is 2.82 bits per heavy atom. The fraction of sp³-hybridized carbons (Fsp3) is 0.462. The Balaban J connectivity index is 1.43. The van der Waals surface area contributed by atoms with Crippen LogP contribution in [0.4, 0.5) is 0 Å². The molecule has 1 aliphatic carbocycles. The zero-order valence-corrected chi connectivity index (χ0v) is 19.3. The summed E-state index contributed by atoms with van der Waals surface area (Å²) in [6.45, 7) is 5.21. The van der Waals surface area contributed by atoms with Gasteiger partial charge in [-0.1, -0.05) is 19.9 Å². The summed E-state index contributed by atoms with van der Waals surface area (Å²) >= 11 is 0. The highest BCUT2D eigenvalue weighted by Crippen LogP contribution is 2.42. The summed E-state index contributed by atoms with van der Waals surface area (Å²) in [5, 5.41) is 10.7. The van der Waals surface area contributed by atoms with Crippen molar-refractivity contribution in [2.45, 2.75) is 64.5 Å². The average Bonchev–Trinajstić information content (AvgIpc) is 3.47. The highest BCUT2D eigenvalue weighted by atomic mass is 16.5. The molecule has 1 aromatic carbocycles. The van der Waals surface area contributed by atoms with E-state index in [1.54, 1.807) is 6.20 Å². The Morgan fingerprint density at radius 1 is 1.12 bits per heavy atom. The largest absolute Gasteiger partial charge is 0.356 e. The van der Waals surface area contributed by atoms with Crippen molar-refractivity contribution in [1.82, 2.24) is 29.5 Å². The number of hydrogen-bond acceptors (Lipinski definition) is 5. The first-order valence-electron chi connectivity index (χ1n) is 12.2. The van der Waals surface area contributed by atoms with Crippen molar-refractivity contribution in [2.75, 3.05) is 6.61 Å². The Bertz CT molecular complexity index is 1280. The Morgan fingerprint density at radius 2 is 2.03 bits per heavy atom. The Kier molecular flexibility index (Phi) is 5.21. The fourth-order valence-corrected chi connectivity index (χ4v) is 4.78. The SMILES string of the molecule is CC(C)Cc1cnn(-c2ccnc(-c3nn(C4CCCCO4)c4ccc(C5CC5)cc34)n2)c1. The normalized spacial score (nSPS) is 18.9. The van der Waals surface area contributed by atoms with Crippen LogP contribution >= 0.6 is 0 Å². The molecule has 4 heterocycles. The first-order chi connectivity index (χ1) is 16.2. The second kappa shape index (κ2) is 8.37. The summed E-state index contributed by atoms with van der Waals surface area (Å²) in [6.07, 6.45) is 12.5. The lowest BCUT2D eigenvalue weighted by Crippen LogP contribution is -2.19. The van der Waals surface area contributed by atoms with Crippen LogP contribution in [0.1, 0.15) is 69.2 Å². The summed E-state index contributed by atoms with van der Waals surface area (Å²) in [6, 6.07) is 8.64. The molecule has 6 rings (SSSR count). The molecule has 1 saturated heterocycles. The van der Waals surface area contributed by atoms with E-state index in [4.69, 9.17) is 14.8 Å². The van der Waals surface area contributed by atoms with Crippen molar-refractivity contribution in [1.29, 1.82) is 0 Å². The van der Waals surface area contributed by atoms with Crippen molar-refractivity contribution in [2.24, 2.45) is 5.92 Å². The molecule has 1 atom stereocenters. The van der Waals surface area contributed by atoms with E-state index in [1.807, 2.05) is 21.6 Å². The smallest absolute Gasteiger partial charge is 0.182 e. The van der Waals surface area contributed by atoms with Crippen LogP contribution in [-0.4, -0.2) is 36.1 Å². The summed E-state index contributed by atoms with van der Waals surface area (Å²) in [7, 11) is 0. The quantitative estimate of drug-likeness (QED) is 0.397. The first kappa shape index (κ1) is 20.5. The van der Waals surface area contributed by atoms with E-state index in [9.17, 15) is 0 Å². The molecule has 7 nitrogen and oxygen atoms in total. The van der Waals surface area contributed by atoms with E-state index in [1.165, 1.54) is 24.0 Å². The topological polar surface area (TPSA) is 70.7 Å². The van der Waals surface area contributed by atoms with Gasteiger partial charge in [-0.15, -0.1) is 0 Å². The van der Waals surface area contributed by atoms with Gasteiger partial charge in [-0.05, 0) is 73.6 Å². The minimum absolute atomic E-state index is 0.0327. The number of nitrogens with zero attached hydrogens (tertiary/aromatic N) is 6. The minimum atomic E-state index is -0.0327. The Labute approximate surface area is 193 Å². The molecule has 0 amide bonds. The first-order valence-corrected chi connectivity index (χ1v) is 12.2. The number of hydrogen-bond donors (Lipinski definition) is 0. The molecule has 0 bridgehead atoms. The molecule has 0 spiro atoms. The molecule has 2 fully saturated rings. The summed E-state index contributed by atoms with van der Waals surface area (Å²) in [5.41, 5.74) is 4.50. The van der Waals surface area contributed by atoms with Crippen LogP contribution in [0.3, 0.4) is 0 Å². The van der Waals surface area contributed by atoms with Gasteiger partial charge in [0.2, 0.25) is 0 Å². The molecule has 1 unspecified atom stereocenters. The van der Waals surface area contributed by atoms with Crippen LogP contribution in [0.25, 0.3) is 28.2 Å². The third-order valence-corrected chi connectivity index (χ3v) is 6.57. The van der Waals surface area contributed by atoms with Gasteiger partial charge in [0.1, 0.15) is 5.69 Å². The van der Waals surface area contributed by atoms with Crippen molar-refractivity contribution < 1.29 is 4.74 Å². The van der Waals surface area contributed by atoms with Crippen molar-refractivity contribution >= 4 is 10.9 Å². The maximum Gasteiger partial charge on any atom is 0.182 e. The van der Waals surface area contributed by atoms with Gasteiger partial charge in [-0.2, -0.15) is 10.2 Å². The minimum Gasteiger partial charge on any atom is -0.356 e. The van der Waals surface area contributed by atoms with Gasteiger partial charge in [0.25, 0.3) is 0 Å². The van der Waals surface area contributed by atoms with Gasteiger partial charge in [0.15, 0.2) is 17.9 Å². The maximum atomic E-state index is 6.08. The zero-order chi connectivity index (χ0) is 22.4. The second-order valence-electron chi connectivity index (χ2n) is 9.79. The average molecular weight is 443 g/mol. The summed E-state index contributed by atoms with van der Waals surface area (Å²) in [5.74, 6) is 2.64. The zero-order valence-electron chi connectivity index (χ0n) is 19.3. The number of ether oxygens (including phenoxy) is 1. The van der Waals surface area contributed by atoms with Gasteiger partial charge >= 0.3 is 0 Å². The molecule has 7 heteroatoms. The van der Waals surface area contributed by atoms with Gasteiger partial charge in [-0.3, -0.25) is 0 Å². The van der Waals surface area contributed by atoms with E-state index in [2.05, 4.69) is 48.3 Å². The molecule has 1 aliphatic heterocycles. The predicted molar refractivity (Wildman–Crippen MR) is 127 cm³/mol. The van der Waals surface area contributed by atoms with E-state index in [-0.39, 0.29) is 6.23 Å². The van der Waals surface area contributed by atoms with E-state index in [0.29, 0.717) is 17.7 Å². The lowest BCUT2D eigenvalue weighted by atomic mass is 10.1. The number of aromatic nitrogens is 6. The molecule has 2 aliphatic rings. The lowest BCUT2D eigenvalue weighted by molar-refractivity contribution is -0.0365. The van der Waals surface area contributed by atoms with Crippen LogP contribution in [0.2, 0.25) is 0 Å². The van der Waals surface area contributed by atoms with Crippen LogP contribution in [-0.2, 0) is 11.2 Å². The molecule has 3 aromatic heterocycles.